The average molecular weight is 262 g/mol. The standard InChI is InChI=1S/C16H26N2O/c1-17-13-15-9-6-12-18(15)11-5-8-14-7-3-4-10-16(14)19-2/h3-4,7,10,15,17H,5-6,8-9,11-13H2,1-2H3. The molecular formula is C16H26N2O. The van der Waals surface area contributed by atoms with E-state index < -0.39 is 0 Å². The van der Waals surface area contributed by atoms with Gasteiger partial charge < -0.3 is 10.1 Å². The summed E-state index contributed by atoms with van der Waals surface area (Å²) in [6.45, 7) is 3.58. The fourth-order valence-electron chi connectivity index (χ4n) is 3.04. The molecular weight excluding hydrogens is 236 g/mol. The van der Waals surface area contributed by atoms with Crippen LogP contribution in [-0.2, 0) is 6.42 Å². The lowest BCUT2D eigenvalue weighted by molar-refractivity contribution is 0.247. The number of benzene rings is 1. The van der Waals surface area contributed by atoms with E-state index in [1.54, 1.807) is 7.11 Å². The summed E-state index contributed by atoms with van der Waals surface area (Å²) in [7, 11) is 3.80. The van der Waals surface area contributed by atoms with Crippen molar-refractivity contribution in [1.82, 2.24) is 10.2 Å². The minimum Gasteiger partial charge on any atom is -0.496 e. The summed E-state index contributed by atoms with van der Waals surface area (Å²) in [6, 6.07) is 9.09. The number of nitrogens with zero attached hydrogens (tertiary/aromatic N) is 1. The van der Waals surface area contributed by atoms with Crippen molar-refractivity contribution < 1.29 is 4.74 Å². The molecule has 0 aromatic heterocycles. The number of hydrogen-bond donors (Lipinski definition) is 1. The molecule has 1 atom stereocenters. The zero-order valence-corrected chi connectivity index (χ0v) is 12.2. The molecule has 1 aliphatic heterocycles. The lowest BCUT2D eigenvalue weighted by Crippen LogP contribution is -2.37. The fraction of sp³-hybridized carbons (Fsp3) is 0.625. The van der Waals surface area contributed by atoms with Gasteiger partial charge in [0.1, 0.15) is 5.75 Å². The number of aryl methyl sites for hydroxylation is 1. The number of para-hydroxylation sites is 1. The van der Waals surface area contributed by atoms with Gasteiger partial charge in [0.15, 0.2) is 0 Å². The molecule has 0 amide bonds. The Morgan fingerprint density at radius 1 is 1.37 bits per heavy atom. The van der Waals surface area contributed by atoms with E-state index in [1.165, 1.54) is 37.9 Å². The van der Waals surface area contributed by atoms with Gasteiger partial charge in [-0.3, -0.25) is 4.90 Å². The first kappa shape index (κ1) is 14.4. The van der Waals surface area contributed by atoms with Crippen molar-refractivity contribution in [2.24, 2.45) is 0 Å². The van der Waals surface area contributed by atoms with Gasteiger partial charge in [-0.05, 0) is 57.5 Å². The molecule has 0 radical (unpaired) electrons. The minimum atomic E-state index is 0.739. The van der Waals surface area contributed by atoms with E-state index in [-0.39, 0.29) is 0 Å². The van der Waals surface area contributed by atoms with Crippen LogP contribution in [0, 0.1) is 0 Å². The Labute approximate surface area is 116 Å². The monoisotopic (exact) mass is 262 g/mol. The van der Waals surface area contributed by atoms with Crippen LogP contribution in [0.25, 0.3) is 0 Å². The fourth-order valence-corrected chi connectivity index (χ4v) is 3.04. The molecule has 1 aliphatic rings. The van der Waals surface area contributed by atoms with E-state index in [0.717, 1.165) is 24.8 Å². The molecule has 0 bridgehead atoms. The van der Waals surface area contributed by atoms with Gasteiger partial charge in [0.05, 0.1) is 7.11 Å². The van der Waals surface area contributed by atoms with Crippen LogP contribution >= 0.6 is 0 Å². The normalized spacial score (nSPS) is 19.8. The number of hydrogen-bond acceptors (Lipinski definition) is 3. The highest BCUT2D eigenvalue weighted by molar-refractivity contribution is 5.33. The second-order valence-electron chi connectivity index (χ2n) is 5.31. The van der Waals surface area contributed by atoms with E-state index in [9.17, 15) is 0 Å². The number of rotatable bonds is 7. The van der Waals surface area contributed by atoms with Crippen molar-refractivity contribution >= 4 is 0 Å². The van der Waals surface area contributed by atoms with Gasteiger partial charge in [-0.25, -0.2) is 0 Å². The number of ether oxygens (including phenoxy) is 1. The van der Waals surface area contributed by atoms with Crippen LogP contribution in [-0.4, -0.2) is 44.7 Å². The van der Waals surface area contributed by atoms with Gasteiger partial charge >= 0.3 is 0 Å². The Bertz CT molecular complexity index is 381. The zero-order chi connectivity index (χ0) is 13.5. The Morgan fingerprint density at radius 2 is 2.21 bits per heavy atom. The van der Waals surface area contributed by atoms with E-state index in [0.29, 0.717) is 0 Å². The van der Waals surface area contributed by atoms with Crippen molar-refractivity contribution in [2.75, 3.05) is 33.8 Å². The highest BCUT2D eigenvalue weighted by Gasteiger charge is 2.22. The molecule has 1 aromatic carbocycles. The topological polar surface area (TPSA) is 24.5 Å². The first-order valence-corrected chi connectivity index (χ1v) is 7.35. The Kier molecular flexibility index (Phi) is 5.67. The third-order valence-electron chi connectivity index (χ3n) is 4.02. The third kappa shape index (κ3) is 3.95. The maximum absolute atomic E-state index is 5.40. The molecule has 1 saturated heterocycles. The molecule has 106 valence electrons. The summed E-state index contributed by atoms with van der Waals surface area (Å²) in [6.07, 6.45) is 5.00. The summed E-state index contributed by atoms with van der Waals surface area (Å²) in [5.74, 6) is 1.02. The van der Waals surface area contributed by atoms with Crippen molar-refractivity contribution in [3.05, 3.63) is 29.8 Å². The van der Waals surface area contributed by atoms with Crippen molar-refractivity contribution in [3.8, 4) is 5.75 Å². The van der Waals surface area contributed by atoms with Gasteiger partial charge in [0.25, 0.3) is 0 Å². The summed E-state index contributed by atoms with van der Waals surface area (Å²) >= 11 is 0. The van der Waals surface area contributed by atoms with Crippen LogP contribution in [0.2, 0.25) is 0 Å². The summed E-state index contributed by atoms with van der Waals surface area (Å²) in [5, 5.41) is 3.30. The van der Waals surface area contributed by atoms with Gasteiger partial charge in [-0.2, -0.15) is 0 Å². The van der Waals surface area contributed by atoms with Crippen molar-refractivity contribution in [3.63, 3.8) is 0 Å². The maximum Gasteiger partial charge on any atom is 0.122 e. The molecule has 0 saturated carbocycles. The quantitative estimate of drug-likeness (QED) is 0.816. The zero-order valence-electron chi connectivity index (χ0n) is 12.2. The second-order valence-corrected chi connectivity index (χ2v) is 5.31. The van der Waals surface area contributed by atoms with Gasteiger partial charge in [0, 0.05) is 12.6 Å². The molecule has 1 heterocycles. The maximum atomic E-state index is 5.40. The van der Waals surface area contributed by atoms with Crippen molar-refractivity contribution in [2.45, 2.75) is 31.7 Å². The molecule has 0 aliphatic carbocycles. The second kappa shape index (κ2) is 7.51. The minimum absolute atomic E-state index is 0.739. The van der Waals surface area contributed by atoms with Crippen molar-refractivity contribution in [1.29, 1.82) is 0 Å². The largest absolute Gasteiger partial charge is 0.496 e. The molecule has 0 spiro atoms. The molecule has 1 unspecified atom stereocenters. The van der Waals surface area contributed by atoms with Crippen LogP contribution in [0.1, 0.15) is 24.8 Å². The SMILES string of the molecule is CNCC1CCCN1CCCc1ccccc1OC. The lowest BCUT2D eigenvalue weighted by Gasteiger charge is -2.24. The molecule has 3 heteroatoms. The number of likely N-dealkylation sites (tertiary alicyclic amines) is 1. The Balaban J connectivity index is 1.79. The summed E-state index contributed by atoms with van der Waals surface area (Å²) < 4.78 is 5.40. The first-order valence-electron chi connectivity index (χ1n) is 7.35. The van der Waals surface area contributed by atoms with Crippen LogP contribution in [0.3, 0.4) is 0 Å². The Morgan fingerprint density at radius 3 is 3.00 bits per heavy atom. The predicted octanol–water partition coefficient (Wildman–Crippen LogP) is 2.31. The van der Waals surface area contributed by atoms with Gasteiger partial charge in [0.2, 0.25) is 0 Å². The van der Waals surface area contributed by atoms with Crippen LogP contribution in [0.15, 0.2) is 24.3 Å². The molecule has 3 nitrogen and oxygen atoms in total. The van der Waals surface area contributed by atoms with E-state index >= 15 is 0 Å². The van der Waals surface area contributed by atoms with Crippen LogP contribution < -0.4 is 10.1 Å². The van der Waals surface area contributed by atoms with Gasteiger partial charge in [-0.15, -0.1) is 0 Å². The number of nitrogens with one attached hydrogen (secondary N) is 1. The smallest absolute Gasteiger partial charge is 0.122 e. The number of likely N-dealkylation sites (N-methyl/N-ethyl adjacent to an activating group) is 1. The van der Waals surface area contributed by atoms with Gasteiger partial charge in [-0.1, -0.05) is 18.2 Å². The molecule has 1 N–H and O–H groups in total. The molecule has 19 heavy (non-hydrogen) atoms. The highest BCUT2D eigenvalue weighted by Crippen LogP contribution is 2.21. The first-order chi connectivity index (χ1) is 9.35. The number of methoxy groups -OCH3 is 1. The highest BCUT2D eigenvalue weighted by atomic mass is 16.5. The molecule has 1 fully saturated rings. The lowest BCUT2D eigenvalue weighted by atomic mass is 10.1. The van der Waals surface area contributed by atoms with E-state index in [1.807, 2.05) is 13.1 Å². The average Bonchev–Trinajstić information content (AvgIpc) is 2.87. The third-order valence-corrected chi connectivity index (χ3v) is 4.02. The van der Waals surface area contributed by atoms with Crippen LogP contribution in [0.5, 0.6) is 5.75 Å². The molecule has 1 aromatic rings. The summed E-state index contributed by atoms with van der Waals surface area (Å²) in [5.41, 5.74) is 1.33. The predicted molar refractivity (Wildman–Crippen MR) is 79.8 cm³/mol. The van der Waals surface area contributed by atoms with Crippen LogP contribution in [0.4, 0.5) is 0 Å². The Hall–Kier alpha value is -1.06. The molecule has 2 rings (SSSR count). The van der Waals surface area contributed by atoms with E-state index in [2.05, 4.69) is 28.4 Å². The summed E-state index contributed by atoms with van der Waals surface area (Å²) in [4.78, 5) is 2.63. The van der Waals surface area contributed by atoms with E-state index in [4.69, 9.17) is 4.74 Å².